The normalized spacial score (nSPS) is 9.62. The Hall–Kier alpha value is -2.35. The molecule has 1 amide bonds. The average molecular weight is 301 g/mol. The Morgan fingerprint density at radius 3 is 2.95 bits per heavy atom. The standard InChI is InChI=1S/C16H13ClN2O2/c17-14-5-1-3-13(9-14)11-16(21)19-15-10-12(4-2-8-20)6-7-18-15/h1,3,5-7,9-10,20H,8,11H2,(H,18,19,21). The number of halogens is 1. The molecular weight excluding hydrogens is 288 g/mol. The number of aliphatic hydroxyl groups excluding tert-OH is 1. The summed E-state index contributed by atoms with van der Waals surface area (Å²) in [5.74, 6) is 5.54. The molecule has 0 spiro atoms. The van der Waals surface area contributed by atoms with Crippen LogP contribution in [0.4, 0.5) is 5.82 Å². The van der Waals surface area contributed by atoms with Crippen LogP contribution >= 0.6 is 11.6 Å². The van der Waals surface area contributed by atoms with E-state index < -0.39 is 0 Å². The van der Waals surface area contributed by atoms with Crippen molar-refractivity contribution in [2.45, 2.75) is 6.42 Å². The number of carbonyl (C=O) groups excluding carboxylic acids is 1. The first-order chi connectivity index (χ1) is 10.2. The van der Waals surface area contributed by atoms with Gasteiger partial charge in [-0.15, -0.1) is 0 Å². The summed E-state index contributed by atoms with van der Waals surface area (Å²) in [5, 5.41) is 12.0. The fourth-order valence-corrected chi connectivity index (χ4v) is 1.95. The van der Waals surface area contributed by atoms with Gasteiger partial charge in [0, 0.05) is 16.8 Å². The van der Waals surface area contributed by atoms with Gasteiger partial charge < -0.3 is 10.4 Å². The number of amides is 1. The van der Waals surface area contributed by atoms with Gasteiger partial charge in [-0.05, 0) is 29.8 Å². The first-order valence-electron chi connectivity index (χ1n) is 6.27. The van der Waals surface area contributed by atoms with Crippen molar-refractivity contribution in [3.63, 3.8) is 0 Å². The van der Waals surface area contributed by atoms with Crippen LogP contribution in [0.3, 0.4) is 0 Å². The van der Waals surface area contributed by atoms with Gasteiger partial charge in [-0.3, -0.25) is 4.79 Å². The van der Waals surface area contributed by atoms with Crippen LogP contribution < -0.4 is 5.32 Å². The lowest BCUT2D eigenvalue weighted by molar-refractivity contribution is -0.115. The Labute approximate surface area is 127 Å². The van der Waals surface area contributed by atoms with Crippen LogP contribution in [-0.2, 0) is 11.2 Å². The van der Waals surface area contributed by atoms with E-state index in [4.69, 9.17) is 16.7 Å². The molecule has 0 radical (unpaired) electrons. The number of benzene rings is 1. The van der Waals surface area contributed by atoms with E-state index in [1.54, 1.807) is 36.5 Å². The minimum absolute atomic E-state index is 0.183. The minimum Gasteiger partial charge on any atom is -0.384 e. The summed E-state index contributed by atoms with van der Waals surface area (Å²) >= 11 is 5.88. The molecule has 0 saturated carbocycles. The predicted molar refractivity (Wildman–Crippen MR) is 82.0 cm³/mol. The van der Waals surface area contributed by atoms with E-state index in [0.29, 0.717) is 16.4 Å². The summed E-state index contributed by atoms with van der Waals surface area (Å²) in [6, 6.07) is 10.5. The molecule has 0 saturated heterocycles. The summed E-state index contributed by atoms with van der Waals surface area (Å²) in [4.78, 5) is 16.0. The van der Waals surface area contributed by atoms with Crippen molar-refractivity contribution in [1.82, 2.24) is 4.98 Å². The van der Waals surface area contributed by atoms with Crippen molar-refractivity contribution in [2.24, 2.45) is 0 Å². The fraction of sp³-hybridized carbons (Fsp3) is 0.125. The molecule has 106 valence electrons. The van der Waals surface area contributed by atoms with Crippen molar-refractivity contribution >= 4 is 23.3 Å². The van der Waals surface area contributed by atoms with Crippen molar-refractivity contribution in [3.8, 4) is 11.8 Å². The third kappa shape index (κ3) is 4.92. The van der Waals surface area contributed by atoms with Gasteiger partial charge >= 0.3 is 0 Å². The van der Waals surface area contributed by atoms with E-state index in [-0.39, 0.29) is 18.9 Å². The lowest BCUT2D eigenvalue weighted by Crippen LogP contribution is -2.15. The van der Waals surface area contributed by atoms with Crippen molar-refractivity contribution in [3.05, 3.63) is 58.7 Å². The highest BCUT2D eigenvalue weighted by Crippen LogP contribution is 2.12. The summed E-state index contributed by atoms with van der Waals surface area (Å²) in [6.45, 7) is -0.210. The Bertz CT molecular complexity index is 705. The highest BCUT2D eigenvalue weighted by atomic mass is 35.5. The van der Waals surface area contributed by atoms with E-state index in [1.165, 1.54) is 0 Å². The van der Waals surface area contributed by atoms with Crippen molar-refractivity contribution < 1.29 is 9.90 Å². The largest absolute Gasteiger partial charge is 0.384 e. The zero-order chi connectivity index (χ0) is 15.1. The molecule has 5 heteroatoms. The first-order valence-corrected chi connectivity index (χ1v) is 6.65. The topological polar surface area (TPSA) is 62.2 Å². The van der Waals surface area contributed by atoms with Crippen LogP contribution in [0, 0.1) is 11.8 Å². The Kier molecular flexibility index (Phi) is 5.33. The molecule has 0 aliphatic carbocycles. The van der Waals surface area contributed by atoms with E-state index >= 15 is 0 Å². The zero-order valence-electron chi connectivity index (χ0n) is 11.1. The molecule has 2 rings (SSSR count). The lowest BCUT2D eigenvalue weighted by Gasteiger charge is -2.05. The lowest BCUT2D eigenvalue weighted by atomic mass is 10.1. The second-order valence-electron chi connectivity index (χ2n) is 4.24. The maximum absolute atomic E-state index is 11.9. The maximum atomic E-state index is 11.9. The Balaban J connectivity index is 2.02. The van der Waals surface area contributed by atoms with Crippen LogP contribution in [0.2, 0.25) is 5.02 Å². The van der Waals surface area contributed by atoms with E-state index in [2.05, 4.69) is 22.1 Å². The number of anilines is 1. The second kappa shape index (κ2) is 7.44. The van der Waals surface area contributed by atoms with Crippen LogP contribution in [0.15, 0.2) is 42.6 Å². The number of aliphatic hydroxyl groups is 1. The van der Waals surface area contributed by atoms with Gasteiger partial charge in [0.25, 0.3) is 0 Å². The Morgan fingerprint density at radius 1 is 1.33 bits per heavy atom. The molecule has 0 aliphatic heterocycles. The predicted octanol–water partition coefficient (Wildman–Crippen LogP) is 2.26. The van der Waals surface area contributed by atoms with Gasteiger partial charge in [-0.1, -0.05) is 35.6 Å². The Morgan fingerprint density at radius 2 is 2.19 bits per heavy atom. The molecule has 0 fully saturated rings. The molecule has 0 unspecified atom stereocenters. The van der Waals surface area contributed by atoms with Crippen molar-refractivity contribution in [2.75, 3.05) is 11.9 Å². The number of rotatable bonds is 3. The minimum atomic E-state index is -0.210. The quantitative estimate of drug-likeness (QED) is 0.855. The summed E-state index contributed by atoms with van der Waals surface area (Å²) < 4.78 is 0. The molecule has 2 aromatic rings. The number of nitrogens with one attached hydrogen (secondary N) is 1. The van der Waals surface area contributed by atoms with Gasteiger partial charge in [0.1, 0.15) is 12.4 Å². The molecule has 4 nitrogen and oxygen atoms in total. The summed E-state index contributed by atoms with van der Waals surface area (Å²) in [5.41, 5.74) is 1.51. The van der Waals surface area contributed by atoms with Crippen LogP contribution in [0.5, 0.6) is 0 Å². The van der Waals surface area contributed by atoms with E-state index in [9.17, 15) is 4.79 Å². The number of hydrogen-bond acceptors (Lipinski definition) is 3. The molecule has 1 aromatic heterocycles. The number of carbonyl (C=O) groups is 1. The molecule has 1 heterocycles. The highest BCUT2D eigenvalue weighted by molar-refractivity contribution is 6.30. The highest BCUT2D eigenvalue weighted by Gasteiger charge is 2.05. The molecule has 1 aromatic carbocycles. The van der Waals surface area contributed by atoms with Crippen molar-refractivity contribution in [1.29, 1.82) is 0 Å². The SMILES string of the molecule is O=C(Cc1cccc(Cl)c1)Nc1cc(C#CCO)ccn1. The van der Waals surface area contributed by atoms with Crippen LogP contribution in [0.1, 0.15) is 11.1 Å². The fourth-order valence-electron chi connectivity index (χ4n) is 1.74. The number of nitrogens with zero attached hydrogens (tertiary/aromatic N) is 1. The van der Waals surface area contributed by atoms with Gasteiger partial charge in [-0.25, -0.2) is 4.98 Å². The molecule has 0 aliphatic rings. The van der Waals surface area contributed by atoms with Crippen LogP contribution in [0.25, 0.3) is 0 Å². The number of pyridine rings is 1. The molecular formula is C16H13ClN2O2. The van der Waals surface area contributed by atoms with Gasteiger partial charge in [0.2, 0.25) is 5.91 Å². The molecule has 0 bridgehead atoms. The number of hydrogen-bond donors (Lipinski definition) is 2. The summed E-state index contributed by atoms with van der Waals surface area (Å²) in [6.07, 6.45) is 1.77. The van der Waals surface area contributed by atoms with E-state index in [1.807, 2.05) is 6.07 Å². The zero-order valence-corrected chi connectivity index (χ0v) is 11.9. The smallest absolute Gasteiger partial charge is 0.229 e. The van der Waals surface area contributed by atoms with Gasteiger partial charge in [-0.2, -0.15) is 0 Å². The number of aromatic nitrogens is 1. The third-order valence-corrected chi connectivity index (χ3v) is 2.83. The molecule has 0 atom stereocenters. The first kappa shape index (κ1) is 15.0. The van der Waals surface area contributed by atoms with Gasteiger partial charge in [0.05, 0.1) is 6.42 Å². The maximum Gasteiger partial charge on any atom is 0.229 e. The van der Waals surface area contributed by atoms with E-state index in [0.717, 1.165) is 5.56 Å². The average Bonchev–Trinajstić information content (AvgIpc) is 2.45. The molecule has 2 N–H and O–H groups in total. The molecule has 21 heavy (non-hydrogen) atoms. The van der Waals surface area contributed by atoms with Gasteiger partial charge in [0.15, 0.2) is 0 Å². The van der Waals surface area contributed by atoms with Crippen LogP contribution in [-0.4, -0.2) is 22.6 Å². The second-order valence-corrected chi connectivity index (χ2v) is 4.68. The summed E-state index contributed by atoms with van der Waals surface area (Å²) in [7, 11) is 0. The monoisotopic (exact) mass is 300 g/mol. The third-order valence-electron chi connectivity index (χ3n) is 2.59.